The van der Waals surface area contributed by atoms with Gasteiger partial charge < -0.3 is 10.6 Å². The molecular weight excluding hydrogens is 419 g/mol. The molecule has 24 heavy (non-hydrogen) atoms. The molecule has 1 fully saturated rings. The molecule has 132 valence electrons. The number of benzene rings is 1. The molecular formula is C17H25IN4O2. The van der Waals surface area contributed by atoms with Gasteiger partial charge in [0, 0.05) is 36.3 Å². The second-order valence-electron chi connectivity index (χ2n) is 5.93. The zero-order valence-corrected chi connectivity index (χ0v) is 16.2. The van der Waals surface area contributed by atoms with Crippen molar-refractivity contribution in [1.82, 2.24) is 15.1 Å². The number of carbonyl (C=O) groups excluding carboxylic acids is 2. The molecule has 0 spiro atoms. The van der Waals surface area contributed by atoms with Crippen molar-refractivity contribution in [2.24, 2.45) is 0 Å². The number of para-hydroxylation sites is 1. The summed E-state index contributed by atoms with van der Waals surface area (Å²) in [6.07, 6.45) is 0.953. The van der Waals surface area contributed by atoms with E-state index in [0.717, 1.165) is 48.4 Å². The van der Waals surface area contributed by atoms with Crippen molar-refractivity contribution >= 4 is 40.1 Å². The third-order valence-corrected chi connectivity index (χ3v) is 4.86. The minimum Gasteiger partial charge on any atom is -0.355 e. The van der Waals surface area contributed by atoms with Gasteiger partial charge in [0.2, 0.25) is 11.8 Å². The highest BCUT2D eigenvalue weighted by atomic mass is 127. The van der Waals surface area contributed by atoms with Gasteiger partial charge in [0.25, 0.3) is 0 Å². The molecule has 0 atom stereocenters. The average Bonchev–Trinajstić information content (AvgIpc) is 2.57. The topological polar surface area (TPSA) is 64.7 Å². The van der Waals surface area contributed by atoms with Gasteiger partial charge in [-0.15, -0.1) is 0 Å². The molecule has 1 heterocycles. The Morgan fingerprint density at radius 2 is 1.62 bits per heavy atom. The summed E-state index contributed by atoms with van der Waals surface area (Å²) in [7, 11) is 0. The molecule has 6 nitrogen and oxygen atoms in total. The maximum atomic E-state index is 12.2. The van der Waals surface area contributed by atoms with Gasteiger partial charge in [0.15, 0.2) is 0 Å². The number of piperazine rings is 1. The highest BCUT2D eigenvalue weighted by molar-refractivity contribution is 14.1. The van der Waals surface area contributed by atoms with Crippen LogP contribution in [-0.4, -0.2) is 67.4 Å². The van der Waals surface area contributed by atoms with Crippen molar-refractivity contribution in [3.05, 3.63) is 27.8 Å². The zero-order valence-electron chi connectivity index (χ0n) is 14.1. The molecule has 0 aromatic heterocycles. The number of hydrogen-bond donors (Lipinski definition) is 2. The summed E-state index contributed by atoms with van der Waals surface area (Å²) >= 11 is 2.21. The molecule has 7 heteroatoms. The smallest absolute Gasteiger partial charge is 0.238 e. The molecule has 1 aliphatic rings. The number of hydrogen-bond acceptors (Lipinski definition) is 4. The number of nitrogens with zero attached hydrogens (tertiary/aromatic N) is 2. The Balaban J connectivity index is 1.70. The van der Waals surface area contributed by atoms with E-state index in [4.69, 9.17) is 0 Å². The van der Waals surface area contributed by atoms with Gasteiger partial charge in [-0.2, -0.15) is 0 Å². The lowest BCUT2D eigenvalue weighted by Gasteiger charge is -2.33. The van der Waals surface area contributed by atoms with E-state index in [1.165, 1.54) is 0 Å². The van der Waals surface area contributed by atoms with Crippen molar-refractivity contribution in [3.8, 4) is 0 Å². The number of halogens is 1. The maximum Gasteiger partial charge on any atom is 0.238 e. The molecule has 1 aliphatic heterocycles. The summed E-state index contributed by atoms with van der Waals surface area (Å²) in [6, 6.07) is 7.75. The first kappa shape index (κ1) is 19.1. The predicted octanol–water partition coefficient (Wildman–Crippen LogP) is 1.37. The molecule has 1 aromatic carbocycles. The Labute approximate surface area is 157 Å². The van der Waals surface area contributed by atoms with E-state index in [2.05, 4.69) is 43.0 Å². The van der Waals surface area contributed by atoms with E-state index in [1.54, 1.807) is 0 Å². The van der Waals surface area contributed by atoms with Gasteiger partial charge in [-0.3, -0.25) is 19.4 Å². The number of amides is 2. The van der Waals surface area contributed by atoms with Gasteiger partial charge in [-0.25, -0.2) is 0 Å². The van der Waals surface area contributed by atoms with Crippen LogP contribution in [0.1, 0.15) is 13.3 Å². The standard InChI is InChI=1S/C17H25IN4O2/c1-2-7-19-16(23)12-21-8-10-22(11-9-21)13-17(24)20-15-6-4-3-5-14(15)18/h3-6H,2,7-13H2,1H3,(H,19,23)(H,20,24). The summed E-state index contributed by atoms with van der Waals surface area (Å²) in [4.78, 5) is 28.2. The minimum absolute atomic E-state index is 0.00764. The number of anilines is 1. The Morgan fingerprint density at radius 3 is 2.21 bits per heavy atom. The molecule has 0 bridgehead atoms. The van der Waals surface area contributed by atoms with Crippen LogP contribution in [0.15, 0.2) is 24.3 Å². The van der Waals surface area contributed by atoms with Crippen molar-refractivity contribution in [2.75, 3.05) is 51.1 Å². The van der Waals surface area contributed by atoms with Gasteiger partial charge in [-0.05, 0) is 41.1 Å². The fraction of sp³-hybridized carbons (Fsp3) is 0.529. The first-order chi connectivity index (χ1) is 11.6. The Kier molecular flexibility index (Phi) is 7.93. The van der Waals surface area contributed by atoms with Crippen molar-refractivity contribution in [3.63, 3.8) is 0 Å². The molecule has 0 unspecified atom stereocenters. The van der Waals surface area contributed by atoms with Crippen LogP contribution in [0.2, 0.25) is 0 Å². The lowest BCUT2D eigenvalue weighted by molar-refractivity contribution is -0.123. The second-order valence-corrected chi connectivity index (χ2v) is 7.09. The Hall–Kier alpha value is -1.19. The normalized spacial score (nSPS) is 15.9. The lowest BCUT2D eigenvalue weighted by atomic mass is 10.3. The van der Waals surface area contributed by atoms with E-state index >= 15 is 0 Å². The van der Waals surface area contributed by atoms with E-state index in [1.807, 2.05) is 31.2 Å². The van der Waals surface area contributed by atoms with Crippen LogP contribution >= 0.6 is 22.6 Å². The highest BCUT2D eigenvalue weighted by Gasteiger charge is 2.20. The first-order valence-corrected chi connectivity index (χ1v) is 9.42. The largest absolute Gasteiger partial charge is 0.355 e. The highest BCUT2D eigenvalue weighted by Crippen LogP contribution is 2.16. The quantitative estimate of drug-likeness (QED) is 0.624. The minimum atomic E-state index is 0.00764. The zero-order chi connectivity index (χ0) is 17.4. The average molecular weight is 444 g/mol. The summed E-state index contributed by atoms with van der Waals surface area (Å²) in [5.74, 6) is 0.0925. The van der Waals surface area contributed by atoms with E-state index in [9.17, 15) is 9.59 Å². The van der Waals surface area contributed by atoms with Gasteiger partial charge in [-0.1, -0.05) is 19.1 Å². The van der Waals surface area contributed by atoms with Crippen LogP contribution in [0.3, 0.4) is 0 Å². The molecule has 2 amide bonds. The Bertz CT molecular complexity index is 559. The van der Waals surface area contributed by atoms with Gasteiger partial charge in [0.1, 0.15) is 0 Å². The van der Waals surface area contributed by atoms with Crippen LogP contribution in [-0.2, 0) is 9.59 Å². The number of rotatable bonds is 7. The van der Waals surface area contributed by atoms with Crippen LogP contribution in [0.5, 0.6) is 0 Å². The third kappa shape index (κ3) is 6.37. The molecule has 1 aromatic rings. The predicted molar refractivity (Wildman–Crippen MR) is 104 cm³/mol. The molecule has 2 rings (SSSR count). The number of carbonyl (C=O) groups is 2. The van der Waals surface area contributed by atoms with Crippen LogP contribution in [0.4, 0.5) is 5.69 Å². The summed E-state index contributed by atoms with van der Waals surface area (Å²) in [5, 5.41) is 5.85. The molecule has 0 aliphatic carbocycles. The third-order valence-electron chi connectivity index (χ3n) is 3.92. The molecule has 2 N–H and O–H groups in total. The van der Waals surface area contributed by atoms with Crippen LogP contribution in [0.25, 0.3) is 0 Å². The Morgan fingerprint density at radius 1 is 1.04 bits per heavy atom. The lowest BCUT2D eigenvalue weighted by Crippen LogP contribution is -2.51. The first-order valence-electron chi connectivity index (χ1n) is 8.34. The summed E-state index contributed by atoms with van der Waals surface area (Å²) in [5.41, 5.74) is 0.856. The SMILES string of the molecule is CCCNC(=O)CN1CCN(CC(=O)Nc2ccccc2I)CC1. The number of nitrogens with one attached hydrogen (secondary N) is 2. The second kappa shape index (κ2) is 9.95. The van der Waals surface area contributed by atoms with Crippen molar-refractivity contribution in [2.45, 2.75) is 13.3 Å². The fourth-order valence-corrected chi connectivity index (χ4v) is 3.11. The molecule has 1 saturated heterocycles. The van der Waals surface area contributed by atoms with Crippen molar-refractivity contribution in [1.29, 1.82) is 0 Å². The van der Waals surface area contributed by atoms with Crippen molar-refractivity contribution < 1.29 is 9.59 Å². The van der Waals surface area contributed by atoms with E-state index in [-0.39, 0.29) is 11.8 Å². The van der Waals surface area contributed by atoms with Crippen LogP contribution < -0.4 is 10.6 Å². The maximum absolute atomic E-state index is 12.2. The van der Waals surface area contributed by atoms with E-state index < -0.39 is 0 Å². The fourth-order valence-electron chi connectivity index (χ4n) is 2.58. The monoisotopic (exact) mass is 444 g/mol. The summed E-state index contributed by atoms with van der Waals surface area (Å²) in [6.45, 7) is 6.85. The molecule has 0 saturated carbocycles. The van der Waals surface area contributed by atoms with Gasteiger partial charge in [0.05, 0.1) is 18.8 Å². The van der Waals surface area contributed by atoms with Gasteiger partial charge >= 0.3 is 0 Å². The van der Waals surface area contributed by atoms with Crippen LogP contribution in [0, 0.1) is 3.57 Å². The summed E-state index contributed by atoms with van der Waals surface area (Å²) < 4.78 is 1.03. The molecule has 0 radical (unpaired) electrons. The van der Waals surface area contributed by atoms with E-state index in [0.29, 0.717) is 13.1 Å².